The molecule has 2 atom stereocenters. The van der Waals surface area contributed by atoms with Gasteiger partial charge in [-0.05, 0) is 73.1 Å². The van der Waals surface area contributed by atoms with Gasteiger partial charge in [-0.25, -0.2) is 4.98 Å². The molecule has 0 spiro atoms. The minimum atomic E-state index is -3.97. The molecule has 214 valence electrons. The first-order chi connectivity index (χ1) is 18.6. The van der Waals surface area contributed by atoms with E-state index in [0.717, 1.165) is 22.9 Å². The Bertz CT molecular complexity index is 1470. The Morgan fingerprint density at radius 2 is 1.90 bits per heavy atom. The van der Waals surface area contributed by atoms with Crippen molar-refractivity contribution in [1.82, 2.24) is 9.55 Å². The van der Waals surface area contributed by atoms with Crippen LogP contribution < -0.4 is 4.18 Å². The molecule has 2 unspecified atom stereocenters. The Hall–Kier alpha value is -3.31. The van der Waals surface area contributed by atoms with Crippen molar-refractivity contribution >= 4 is 33.6 Å². The summed E-state index contributed by atoms with van der Waals surface area (Å²) < 4.78 is 38.1. The number of thioether (sulfide) groups is 1. The van der Waals surface area contributed by atoms with E-state index < -0.39 is 32.4 Å². The molecule has 0 amide bonds. The fraction of sp³-hybridized carbons (Fsp3) is 0.414. The summed E-state index contributed by atoms with van der Waals surface area (Å²) in [4.78, 5) is 30.9. The molecule has 1 aliphatic heterocycles. The van der Waals surface area contributed by atoms with Crippen LogP contribution in [-0.2, 0) is 42.2 Å². The average molecular weight is 587 g/mol. The quantitative estimate of drug-likeness (QED) is 0.211. The summed E-state index contributed by atoms with van der Waals surface area (Å²) >= 11 is 1.13. The topological polar surface area (TPSA) is 125 Å². The summed E-state index contributed by atoms with van der Waals surface area (Å²) in [7, 11) is -3.97. The van der Waals surface area contributed by atoms with Crippen LogP contribution in [0.2, 0.25) is 0 Å². The van der Waals surface area contributed by atoms with Crippen LogP contribution in [0.3, 0.4) is 0 Å². The Balaban J connectivity index is 1.51. The van der Waals surface area contributed by atoms with Crippen molar-refractivity contribution in [3.63, 3.8) is 0 Å². The van der Waals surface area contributed by atoms with Gasteiger partial charge in [0.05, 0.1) is 6.33 Å². The number of nitrogens with zero attached hydrogens (tertiary/aromatic N) is 2. The predicted octanol–water partition coefficient (Wildman–Crippen LogP) is 4.93. The smallest absolute Gasteiger partial charge is 0.328 e. The SMILES string of the molecule is Cc1cc(SC2C(=O)CC(C)(CCc3ccc(O)cc3)OC2=O)c(C(C)(C)C)cc1OS(=O)(=O)Cn1ccnc1. The fourth-order valence-corrected chi connectivity index (χ4v) is 6.89. The summed E-state index contributed by atoms with van der Waals surface area (Å²) in [5, 5.41) is 8.46. The highest BCUT2D eigenvalue weighted by atomic mass is 32.2. The van der Waals surface area contributed by atoms with E-state index in [1.165, 1.54) is 23.3 Å². The lowest BCUT2D eigenvalue weighted by molar-refractivity contribution is -0.167. The van der Waals surface area contributed by atoms with Gasteiger partial charge in [0.2, 0.25) is 0 Å². The summed E-state index contributed by atoms with van der Waals surface area (Å²) in [6.07, 6.45) is 5.57. The molecule has 1 N–H and O–H groups in total. The Morgan fingerprint density at radius 1 is 1.20 bits per heavy atom. The average Bonchev–Trinajstić information content (AvgIpc) is 3.34. The van der Waals surface area contributed by atoms with E-state index in [4.69, 9.17) is 8.92 Å². The molecule has 0 aliphatic carbocycles. The zero-order valence-electron chi connectivity index (χ0n) is 23.2. The summed E-state index contributed by atoms with van der Waals surface area (Å²) in [5.74, 6) is -0.823. The minimum absolute atomic E-state index is 0.0893. The maximum absolute atomic E-state index is 13.3. The molecular weight excluding hydrogens is 552 g/mol. The summed E-state index contributed by atoms with van der Waals surface area (Å²) in [5.41, 5.74) is 0.909. The molecule has 2 heterocycles. The number of aromatic nitrogens is 2. The van der Waals surface area contributed by atoms with Gasteiger partial charge < -0.3 is 18.6 Å². The third-order valence-corrected chi connectivity index (χ3v) is 9.02. The first-order valence-corrected chi connectivity index (χ1v) is 15.3. The van der Waals surface area contributed by atoms with E-state index >= 15 is 0 Å². The number of benzene rings is 2. The van der Waals surface area contributed by atoms with Gasteiger partial charge in [-0.1, -0.05) is 32.9 Å². The number of hydrogen-bond acceptors (Lipinski definition) is 9. The van der Waals surface area contributed by atoms with Gasteiger partial charge in [-0.15, -0.1) is 11.8 Å². The minimum Gasteiger partial charge on any atom is -0.508 e. The van der Waals surface area contributed by atoms with Gasteiger partial charge in [0.1, 0.15) is 17.1 Å². The number of Topliss-reactive ketones (excluding diaryl/α,β-unsaturated/α-hetero) is 1. The monoisotopic (exact) mass is 586 g/mol. The van der Waals surface area contributed by atoms with Crippen molar-refractivity contribution in [3.8, 4) is 11.5 Å². The van der Waals surface area contributed by atoms with Gasteiger partial charge in [0.25, 0.3) is 0 Å². The van der Waals surface area contributed by atoms with Crippen LogP contribution in [0.5, 0.6) is 11.5 Å². The van der Waals surface area contributed by atoms with E-state index in [2.05, 4.69) is 4.98 Å². The molecule has 3 aromatic rings. The number of ether oxygens (including phenoxy) is 1. The van der Waals surface area contributed by atoms with Gasteiger partial charge in [-0.3, -0.25) is 9.59 Å². The van der Waals surface area contributed by atoms with Crippen LogP contribution in [-0.4, -0.2) is 45.7 Å². The van der Waals surface area contributed by atoms with Crippen LogP contribution in [0, 0.1) is 6.92 Å². The second-order valence-electron chi connectivity index (χ2n) is 11.4. The highest BCUT2D eigenvalue weighted by Gasteiger charge is 2.45. The number of rotatable bonds is 9. The number of aromatic hydroxyl groups is 1. The lowest BCUT2D eigenvalue weighted by atomic mass is 9.86. The zero-order valence-corrected chi connectivity index (χ0v) is 24.8. The lowest BCUT2D eigenvalue weighted by Gasteiger charge is -2.36. The number of imidazole rings is 1. The van der Waals surface area contributed by atoms with Gasteiger partial charge in [-0.2, -0.15) is 8.42 Å². The van der Waals surface area contributed by atoms with Crippen LogP contribution in [0.1, 0.15) is 57.2 Å². The molecule has 40 heavy (non-hydrogen) atoms. The molecule has 9 nitrogen and oxygen atoms in total. The van der Waals surface area contributed by atoms with E-state index in [1.54, 1.807) is 50.2 Å². The van der Waals surface area contributed by atoms with Crippen molar-refractivity contribution in [3.05, 3.63) is 71.8 Å². The van der Waals surface area contributed by atoms with Gasteiger partial charge in [0, 0.05) is 23.7 Å². The highest BCUT2D eigenvalue weighted by molar-refractivity contribution is 8.01. The van der Waals surface area contributed by atoms with Gasteiger partial charge >= 0.3 is 16.1 Å². The molecule has 1 fully saturated rings. The number of phenolic OH excluding ortho intramolecular Hbond substituents is 1. The normalized spacial score (nSPS) is 19.9. The van der Waals surface area contributed by atoms with E-state index in [9.17, 15) is 23.1 Å². The predicted molar refractivity (Wildman–Crippen MR) is 152 cm³/mol. The molecule has 0 radical (unpaired) electrons. The highest BCUT2D eigenvalue weighted by Crippen LogP contribution is 2.42. The second-order valence-corrected chi connectivity index (χ2v) is 14.1. The zero-order chi connectivity index (χ0) is 29.3. The van der Waals surface area contributed by atoms with Crippen LogP contribution in [0.4, 0.5) is 0 Å². The third-order valence-electron chi connectivity index (χ3n) is 6.69. The van der Waals surface area contributed by atoms with Gasteiger partial charge in [0.15, 0.2) is 16.9 Å². The van der Waals surface area contributed by atoms with Crippen molar-refractivity contribution in [2.75, 3.05) is 0 Å². The largest absolute Gasteiger partial charge is 0.508 e. The van der Waals surface area contributed by atoms with Crippen molar-refractivity contribution in [1.29, 1.82) is 0 Å². The van der Waals surface area contributed by atoms with E-state index in [0.29, 0.717) is 23.3 Å². The van der Waals surface area contributed by atoms with Crippen molar-refractivity contribution in [2.45, 2.75) is 80.9 Å². The maximum Gasteiger partial charge on any atom is 0.328 e. The molecule has 11 heteroatoms. The molecule has 1 aliphatic rings. The first kappa shape index (κ1) is 29.7. The molecular formula is C29H34N2O7S2. The number of phenols is 1. The molecule has 4 rings (SSSR count). The summed E-state index contributed by atoms with van der Waals surface area (Å²) in [6, 6.07) is 10.2. The van der Waals surface area contributed by atoms with Crippen molar-refractivity contribution < 1.29 is 32.0 Å². The number of cyclic esters (lactones) is 1. The maximum atomic E-state index is 13.3. The number of esters is 1. The van der Waals surface area contributed by atoms with E-state index in [1.807, 2.05) is 20.8 Å². The number of aryl methyl sites for hydroxylation is 2. The number of hydrogen-bond donors (Lipinski definition) is 1. The Kier molecular flexibility index (Phi) is 8.37. The molecule has 2 aromatic carbocycles. The van der Waals surface area contributed by atoms with Crippen LogP contribution in [0.15, 0.2) is 60.0 Å². The van der Waals surface area contributed by atoms with Crippen molar-refractivity contribution in [2.24, 2.45) is 0 Å². The standard InChI is InChI=1S/C29H34N2O7S2/c1-19-14-25(22(28(2,3)4)15-24(19)38-40(35,36)18-31-13-12-30-17-31)39-26-23(33)16-29(5,37-27(26)34)11-10-20-6-8-21(32)9-7-20/h6-9,12-15,17,26,32H,10-11,16,18H2,1-5H3. The lowest BCUT2D eigenvalue weighted by Crippen LogP contribution is -2.47. The first-order valence-electron chi connectivity index (χ1n) is 12.9. The number of carbonyl (C=O) groups is 2. The molecule has 1 aromatic heterocycles. The van der Waals surface area contributed by atoms with E-state index in [-0.39, 0.29) is 29.6 Å². The second kappa shape index (κ2) is 11.3. The number of ketones is 1. The molecule has 0 bridgehead atoms. The molecule has 0 saturated carbocycles. The molecule has 1 saturated heterocycles. The summed E-state index contributed by atoms with van der Waals surface area (Å²) in [6.45, 7) is 9.39. The van der Waals surface area contributed by atoms with Crippen LogP contribution in [0.25, 0.3) is 0 Å². The number of carbonyl (C=O) groups excluding carboxylic acids is 2. The Morgan fingerprint density at radius 3 is 2.50 bits per heavy atom. The van der Waals surface area contributed by atoms with Crippen LogP contribution >= 0.6 is 11.8 Å². The fourth-order valence-electron chi connectivity index (χ4n) is 4.52. The third kappa shape index (κ3) is 7.25. The Labute approximate surface area is 239 Å².